The lowest BCUT2D eigenvalue weighted by Gasteiger charge is -2.11. The number of ether oxygens (including phenoxy) is 1. The number of methoxy groups -OCH3 is 1. The fraction of sp³-hybridized carbons (Fsp3) is 0.500. The Morgan fingerprint density at radius 2 is 1.71 bits per heavy atom. The van der Waals surface area contributed by atoms with Crippen molar-refractivity contribution in [3.8, 4) is 0 Å². The van der Waals surface area contributed by atoms with Crippen LogP contribution in [0.2, 0.25) is 0 Å². The number of aliphatic hydroxyl groups is 2. The van der Waals surface area contributed by atoms with E-state index in [4.69, 9.17) is 0 Å². The van der Waals surface area contributed by atoms with Gasteiger partial charge in [0.1, 0.15) is 4.88 Å². The second kappa shape index (κ2) is 16.2. The van der Waals surface area contributed by atoms with E-state index in [0.717, 1.165) is 55.2 Å². The van der Waals surface area contributed by atoms with Gasteiger partial charge in [0.25, 0.3) is 0 Å². The Morgan fingerprint density at radius 3 is 2.24 bits per heavy atom. The minimum atomic E-state index is -0.427. The maximum Gasteiger partial charge on any atom is 0.348 e. The minimum Gasteiger partial charge on any atom is -0.504 e. The van der Waals surface area contributed by atoms with Crippen LogP contribution in [0.3, 0.4) is 0 Å². The Labute approximate surface area is 208 Å². The number of aryl methyl sites for hydroxylation is 1. The van der Waals surface area contributed by atoms with Gasteiger partial charge in [0.05, 0.1) is 13.2 Å². The molecule has 1 unspecified atom stereocenters. The number of benzene rings is 1. The number of allylic oxidation sites excluding steroid dienone is 2. The molecule has 188 valence electrons. The molecule has 2 aromatic rings. The first-order chi connectivity index (χ1) is 16.4. The monoisotopic (exact) mass is 488 g/mol. The van der Waals surface area contributed by atoms with Crippen molar-refractivity contribution in [3.63, 3.8) is 0 Å². The highest BCUT2D eigenvalue weighted by molar-refractivity contribution is 7.13. The molecule has 0 bridgehead atoms. The highest BCUT2D eigenvalue weighted by Gasteiger charge is 2.23. The maximum atomic E-state index is 11.3. The van der Waals surface area contributed by atoms with Crippen molar-refractivity contribution in [2.75, 3.05) is 7.11 Å². The standard InChI is InChI=1S/C17H22O3.C9H12O2S.C2H6/c1-2-3-4-5-15(18)13-8-6-12(7-9-13)14-10-11-16(19)17(14)20;1-3-4-7-5-6-8(12-7)9(10)11-2;1-2/h6-9,15,18,20H,2-5,10-11H2,1H3;5-6H,3-4H2,1-2H3;1-2H3. The Bertz CT molecular complexity index is 911. The number of aliphatic hydroxyl groups excluding tert-OH is 2. The zero-order valence-electron chi connectivity index (χ0n) is 21.2. The van der Waals surface area contributed by atoms with Gasteiger partial charge < -0.3 is 14.9 Å². The summed E-state index contributed by atoms with van der Waals surface area (Å²) < 4.78 is 4.60. The van der Waals surface area contributed by atoms with Crippen LogP contribution in [0.1, 0.15) is 104 Å². The second-order valence-electron chi connectivity index (χ2n) is 7.89. The van der Waals surface area contributed by atoms with Gasteiger partial charge in [-0.1, -0.05) is 77.6 Å². The van der Waals surface area contributed by atoms with Gasteiger partial charge in [0.2, 0.25) is 0 Å². The summed E-state index contributed by atoms with van der Waals surface area (Å²) in [6.07, 6.45) is 6.81. The third kappa shape index (κ3) is 9.07. The van der Waals surface area contributed by atoms with Crippen LogP contribution in [0.15, 0.2) is 42.2 Å². The molecule has 0 saturated heterocycles. The number of carbonyl (C=O) groups excluding carboxylic acids is 2. The summed E-state index contributed by atoms with van der Waals surface area (Å²) in [4.78, 5) is 24.3. The fourth-order valence-electron chi connectivity index (χ4n) is 3.55. The average molecular weight is 489 g/mol. The molecular formula is C28H40O5S. The van der Waals surface area contributed by atoms with Gasteiger partial charge in [0, 0.05) is 16.9 Å². The van der Waals surface area contributed by atoms with Crippen LogP contribution >= 0.6 is 11.3 Å². The molecule has 2 N–H and O–H groups in total. The van der Waals surface area contributed by atoms with Crippen molar-refractivity contribution in [1.29, 1.82) is 0 Å². The summed E-state index contributed by atoms with van der Waals surface area (Å²) in [5.41, 5.74) is 2.49. The van der Waals surface area contributed by atoms with Crippen LogP contribution in [-0.2, 0) is 16.0 Å². The molecule has 34 heavy (non-hydrogen) atoms. The number of hydrogen-bond donors (Lipinski definition) is 2. The van der Waals surface area contributed by atoms with Crippen LogP contribution in [0.25, 0.3) is 5.57 Å². The number of thiophene rings is 1. The number of carbonyl (C=O) groups is 2. The number of rotatable bonds is 9. The Hall–Kier alpha value is -2.44. The van der Waals surface area contributed by atoms with Gasteiger partial charge in [0.15, 0.2) is 11.5 Å². The number of hydrogen-bond acceptors (Lipinski definition) is 6. The first-order valence-corrected chi connectivity index (χ1v) is 13.1. The van der Waals surface area contributed by atoms with Crippen LogP contribution in [0.4, 0.5) is 0 Å². The van der Waals surface area contributed by atoms with E-state index in [2.05, 4.69) is 18.6 Å². The van der Waals surface area contributed by atoms with E-state index in [1.807, 2.05) is 50.2 Å². The zero-order chi connectivity index (χ0) is 25.5. The minimum absolute atomic E-state index is 0.0961. The molecule has 0 radical (unpaired) electrons. The summed E-state index contributed by atoms with van der Waals surface area (Å²) in [5, 5.41) is 19.8. The number of ketones is 1. The number of unbranched alkanes of at least 4 members (excludes halogenated alkanes) is 2. The lowest BCUT2D eigenvalue weighted by Crippen LogP contribution is -1.98. The predicted octanol–water partition coefficient (Wildman–Crippen LogP) is 7.45. The largest absolute Gasteiger partial charge is 0.504 e. The van der Waals surface area contributed by atoms with Crippen molar-refractivity contribution >= 4 is 28.7 Å². The van der Waals surface area contributed by atoms with Gasteiger partial charge in [-0.2, -0.15) is 0 Å². The first kappa shape index (κ1) is 29.6. The highest BCUT2D eigenvalue weighted by atomic mass is 32.1. The molecule has 0 aliphatic heterocycles. The van der Waals surface area contributed by atoms with Gasteiger partial charge in [-0.05, 0) is 42.5 Å². The molecule has 1 aliphatic carbocycles. The molecule has 1 atom stereocenters. The van der Waals surface area contributed by atoms with Gasteiger partial charge in [-0.15, -0.1) is 11.3 Å². The first-order valence-electron chi connectivity index (χ1n) is 12.3. The highest BCUT2D eigenvalue weighted by Crippen LogP contribution is 2.31. The summed E-state index contributed by atoms with van der Waals surface area (Å²) in [7, 11) is 1.40. The van der Waals surface area contributed by atoms with Crippen LogP contribution in [0, 0.1) is 0 Å². The van der Waals surface area contributed by atoms with E-state index in [1.165, 1.54) is 23.3 Å². The summed E-state index contributed by atoms with van der Waals surface area (Å²) in [5.74, 6) is -0.507. The van der Waals surface area contributed by atoms with Crippen molar-refractivity contribution in [3.05, 3.63) is 63.0 Å². The number of esters is 1. The molecule has 0 fully saturated rings. The summed E-state index contributed by atoms with van der Waals surface area (Å²) in [6, 6.07) is 11.3. The van der Waals surface area contributed by atoms with E-state index in [1.54, 1.807) is 0 Å². The molecule has 1 heterocycles. The lowest BCUT2D eigenvalue weighted by molar-refractivity contribution is -0.117. The zero-order valence-corrected chi connectivity index (χ0v) is 22.0. The molecule has 1 aliphatic rings. The molecule has 1 aromatic heterocycles. The summed E-state index contributed by atoms with van der Waals surface area (Å²) >= 11 is 1.52. The van der Waals surface area contributed by atoms with Crippen LogP contribution in [0.5, 0.6) is 0 Å². The molecule has 0 amide bonds. The number of Topliss-reactive ketones (excluding diaryl/α,β-unsaturated/α-hetero) is 1. The topological polar surface area (TPSA) is 83.8 Å². The average Bonchev–Trinajstić information content (AvgIpc) is 3.47. The van der Waals surface area contributed by atoms with Crippen molar-refractivity contribution < 1.29 is 24.5 Å². The van der Waals surface area contributed by atoms with E-state index in [-0.39, 0.29) is 17.5 Å². The van der Waals surface area contributed by atoms with E-state index < -0.39 is 6.10 Å². The Morgan fingerprint density at radius 1 is 1.03 bits per heavy atom. The van der Waals surface area contributed by atoms with Crippen molar-refractivity contribution in [1.82, 2.24) is 0 Å². The molecular weight excluding hydrogens is 448 g/mol. The smallest absolute Gasteiger partial charge is 0.348 e. The maximum absolute atomic E-state index is 11.3. The third-order valence-corrected chi connectivity index (χ3v) is 6.55. The van der Waals surface area contributed by atoms with Gasteiger partial charge in [-0.25, -0.2) is 4.79 Å². The van der Waals surface area contributed by atoms with Crippen LogP contribution < -0.4 is 0 Å². The fourth-order valence-corrected chi connectivity index (χ4v) is 4.58. The van der Waals surface area contributed by atoms with E-state index >= 15 is 0 Å². The van der Waals surface area contributed by atoms with Crippen molar-refractivity contribution in [2.24, 2.45) is 0 Å². The van der Waals surface area contributed by atoms with Crippen molar-refractivity contribution in [2.45, 2.75) is 85.2 Å². The molecule has 3 rings (SSSR count). The van der Waals surface area contributed by atoms with E-state index in [9.17, 15) is 19.8 Å². The SMILES string of the molecule is CC.CCCCCC(O)c1ccc(C2=C(O)C(=O)CC2)cc1.CCCc1ccc(C(=O)OC)s1. The third-order valence-electron chi connectivity index (χ3n) is 5.42. The lowest BCUT2D eigenvalue weighted by atomic mass is 9.99. The molecule has 1 aromatic carbocycles. The quantitative estimate of drug-likeness (QED) is 0.283. The van der Waals surface area contributed by atoms with Gasteiger partial charge in [-0.3, -0.25) is 4.79 Å². The predicted molar refractivity (Wildman–Crippen MR) is 140 cm³/mol. The Kier molecular flexibility index (Phi) is 14.1. The molecule has 6 heteroatoms. The second-order valence-corrected chi connectivity index (χ2v) is 9.06. The van der Waals surface area contributed by atoms with E-state index in [0.29, 0.717) is 17.7 Å². The Balaban J connectivity index is 0.000000353. The molecule has 0 spiro atoms. The van der Waals surface area contributed by atoms with Crippen LogP contribution in [-0.4, -0.2) is 29.1 Å². The van der Waals surface area contributed by atoms with Gasteiger partial charge >= 0.3 is 5.97 Å². The summed E-state index contributed by atoms with van der Waals surface area (Å²) in [6.45, 7) is 8.27. The molecule has 5 nitrogen and oxygen atoms in total. The molecule has 0 saturated carbocycles. The normalized spacial score (nSPS) is 13.5.